The second-order valence-corrected chi connectivity index (χ2v) is 3.46. The Morgan fingerprint density at radius 3 is 2.58 bits per heavy atom. The molecule has 0 saturated heterocycles. The van der Waals surface area contributed by atoms with Gasteiger partial charge in [-0.1, -0.05) is 18.6 Å². The summed E-state index contributed by atoms with van der Waals surface area (Å²) in [6.45, 7) is 4.31. The summed E-state index contributed by atoms with van der Waals surface area (Å²) in [6, 6.07) is 0. The second-order valence-electron chi connectivity index (χ2n) is 3.08. The first-order valence-electron chi connectivity index (χ1n) is 4.67. The molecule has 0 saturated carbocycles. The van der Waals surface area contributed by atoms with Gasteiger partial charge in [-0.15, -0.1) is 11.6 Å². The summed E-state index contributed by atoms with van der Waals surface area (Å²) in [5.41, 5.74) is 0. The third-order valence-electron chi connectivity index (χ3n) is 1.83. The molecule has 0 fully saturated rings. The molecule has 0 rings (SSSR count). The fraction of sp³-hybridized carbons (Fsp3) is 0.800. The normalized spacial score (nSPS) is 11.7. The van der Waals surface area contributed by atoms with E-state index in [1.807, 2.05) is 0 Å². The number of unbranched alkanes of at least 4 members (excludes halogenated alkanes) is 2. The molecular weight excluding hydrogens is 170 g/mol. The zero-order valence-electron chi connectivity index (χ0n) is 8.22. The molecule has 0 unspecified atom stereocenters. The van der Waals surface area contributed by atoms with E-state index in [4.69, 9.17) is 11.6 Å². The number of rotatable bonds is 7. The van der Waals surface area contributed by atoms with Crippen molar-refractivity contribution in [3.8, 4) is 0 Å². The molecule has 0 aliphatic heterocycles. The van der Waals surface area contributed by atoms with Gasteiger partial charge in [0.25, 0.3) is 0 Å². The first-order valence-corrected chi connectivity index (χ1v) is 5.20. The smallest absolute Gasteiger partial charge is 0.0223 e. The van der Waals surface area contributed by atoms with Gasteiger partial charge in [-0.05, 0) is 33.4 Å². The number of hydrogen-bond acceptors (Lipinski definition) is 1. The lowest BCUT2D eigenvalue weighted by Crippen LogP contribution is -2.19. The molecule has 0 aliphatic carbocycles. The summed E-state index contributed by atoms with van der Waals surface area (Å²) < 4.78 is 0. The van der Waals surface area contributed by atoms with Crippen molar-refractivity contribution < 1.29 is 0 Å². The van der Waals surface area contributed by atoms with Gasteiger partial charge in [0, 0.05) is 12.4 Å². The molecule has 0 atom stereocenters. The van der Waals surface area contributed by atoms with Crippen LogP contribution in [0.2, 0.25) is 0 Å². The number of hydrogen-bond donors (Lipinski definition) is 0. The third-order valence-corrected chi connectivity index (χ3v) is 2.09. The lowest BCUT2D eigenvalue weighted by Gasteiger charge is -2.13. The van der Waals surface area contributed by atoms with Crippen LogP contribution in [0.3, 0.4) is 0 Å². The topological polar surface area (TPSA) is 3.24 Å². The van der Waals surface area contributed by atoms with Crippen molar-refractivity contribution in [2.45, 2.75) is 26.2 Å². The Morgan fingerprint density at radius 1 is 1.25 bits per heavy atom. The van der Waals surface area contributed by atoms with Crippen LogP contribution >= 0.6 is 11.6 Å². The third kappa shape index (κ3) is 8.09. The van der Waals surface area contributed by atoms with E-state index in [1.165, 1.54) is 19.4 Å². The average molecular weight is 190 g/mol. The van der Waals surface area contributed by atoms with Gasteiger partial charge < -0.3 is 4.90 Å². The molecule has 0 aromatic rings. The number of alkyl halides is 1. The van der Waals surface area contributed by atoms with E-state index in [9.17, 15) is 0 Å². The molecule has 2 heteroatoms. The quantitative estimate of drug-likeness (QED) is 0.338. The highest BCUT2D eigenvalue weighted by atomic mass is 35.5. The van der Waals surface area contributed by atoms with E-state index in [2.05, 4.69) is 31.0 Å². The molecule has 0 radical (unpaired) electrons. The van der Waals surface area contributed by atoms with E-state index >= 15 is 0 Å². The molecule has 0 spiro atoms. The van der Waals surface area contributed by atoms with Crippen LogP contribution in [0.15, 0.2) is 12.2 Å². The Balaban J connectivity index is 3.13. The average Bonchev–Trinajstić information content (AvgIpc) is 2.09. The summed E-state index contributed by atoms with van der Waals surface area (Å²) in [5, 5.41) is 0. The summed E-state index contributed by atoms with van der Waals surface area (Å²) in [6.07, 6.45) is 7.94. The van der Waals surface area contributed by atoms with Crippen molar-refractivity contribution in [2.24, 2.45) is 0 Å². The maximum absolute atomic E-state index is 5.58. The van der Waals surface area contributed by atoms with E-state index in [1.54, 1.807) is 0 Å². The minimum atomic E-state index is 0.804. The van der Waals surface area contributed by atoms with Gasteiger partial charge in [-0.2, -0.15) is 0 Å². The van der Waals surface area contributed by atoms with Crippen molar-refractivity contribution in [2.75, 3.05) is 26.0 Å². The molecule has 0 amide bonds. The van der Waals surface area contributed by atoms with Gasteiger partial charge in [0.05, 0.1) is 0 Å². The Bertz CT molecular complexity index is 112. The lowest BCUT2D eigenvalue weighted by molar-refractivity contribution is 0.359. The van der Waals surface area contributed by atoms with Crippen LogP contribution in [0.4, 0.5) is 0 Å². The molecular formula is C10H20ClN. The van der Waals surface area contributed by atoms with Crippen molar-refractivity contribution in [1.29, 1.82) is 0 Å². The minimum Gasteiger partial charge on any atom is -0.303 e. The van der Waals surface area contributed by atoms with Gasteiger partial charge in [0.1, 0.15) is 0 Å². The number of allylic oxidation sites excluding steroid dienone is 1. The molecule has 0 N–H and O–H groups in total. The van der Waals surface area contributed by atoms with Crippen LogP contribution in [0, 0.1) is 0 Å². The van der Waals surface area contributed by atoms with Crippen LogP contribution < -0.4 is 0 Å². The van der Waals surface area contributed by atoms with Crippen LogP contribution in [-0.4, -0.2) is 30.9 Å². The second kappa shape index (κ2) is 9.08. The number of nitrogens with zero attached hydrogens (tertiary/aromatic N) is 1. The molecule has 12 heavy (non-hydrogen) atoms. The first kappa shape index (κ1) is 12.0. The van der Waals surface area contributed by atoms with Gasteiger partial charge in [0.2, 0.25) is 0 Å². The number of halogens is 1. The van der Waals surface area contributed by atoms with Gasteiger partial charge >= 0.3 is 0 Å². The van der Waals surface area contributed by atoms with E-state index < -0.39 is 0 Å². The minimum absolute atomic E-state index is 0.804. The summed E-state index contributed by atoms with van der Waals surface area (Å²) in [4.78, 5) is 2.33. The molecule has 72 valence electrons. The highest BCUT2D eigenvalue weighted by molar-refractivity contribution is 6.17. The van der Waals surface area contributed by atoms with Crippen molar-refractivity contribution >= 4 is 11.6 Å². The van der Waals surface area contributed by atoms with Gasteiger partial charge in [0.15, 0.2) is 0 Å². The zero-order chi connectivity index (χ0) is 9.23. The Morgan fingerprint density at radius 2 is 2.00 bits per heavy atom. The van der Waals surface area contributed by atoms with Crippen LogP contribution in [0.5, 0.6) is 0 Å². The van der Waals surface area contributed by atoms with Crippen molar-refractivity contribution in [1.82, 2.24) is 4.90 Å². The molecule has 0 heterocycles. The predicted octanol–water partition coefficient (Wildman–Crippen LogP) is 2.90. The van der Waals surface area contributed by atoms with E-state index in [-0.39, 0.29) is 0 Å². The molecule has 0 bridgehead atoms. The Hall–Kier alpha value is -0.0100. The van der Waals surface area contributed by atoms with Crippen LogP contribution in [-0.2, 0) is 0 Å². The predicted molar refractivity (Wildman–Crippen MR) is 56.9 cm³/mol. The Kier molecular flexibility index (Phi) is 9.07. The van der Waals surface area contributed by atoms with Crippen LogP contribution in [0.1, 0.15) is 26.2 Å². The fourth-order valence-electron chi connectivity index (χ4n) is 1.03. The molecule has 1 nitrogen and oxygen atoms in total. The first-order chi connectivity index (χ1) is 5.81. The van der Waals surface area contributed by atoms with E-state index in [0.717, 1.165) is 18.8 Å². The van der Waals surface area contributed by atoms with E-state index in [0.29, 0.717) is 0 Å². The van der Waals surface area contributed by atoms with Gasteiger partial charge in [-0.3, -0.25) is 0 Å². The zero-order valence-corrected chi connectivity index (χ0v) is 8.98. The highest BCUT2D eigenvalue weighted by Crippen LogP contribution is 1.98. The van der Waals surface area contributed by atoms with Crippen molar-refractivity contribution in [3.63, 3.8) is 0 Å². The summed E-state index contributed by atoms with van der Waals surface area (Å²) in [5.74, 6) is 0.804. The van der Waals surface area contributed by atoms with Gasteiger partial charge in [-0.25, -0.2) is 0 Å². The maximum atomic E-state index is 5.58. The highest BCUT2D eigenvalue weighted by Gasteiger charge is 1.94. The maximum Gasteiger partial charge on any atom is 0.0223 e. The SMILES string of the molecule is C/C=C/CN(C)CCCCCCl. The molecule has 0 aromatic carbocycles. The Labute approximate surface area is 81.4 Å². The standard InChI is InChI=1S/C10H20ClN/c1-3-4-9-12(2)10-7-5-6-8-11/h3-4H,5-10H2,1-2H3/b4-3+. The summed E-state index contributed by atoms with van der Waals surface area (Å²) >= 11 is 5.58. The fourth-order valence-corrected chi connectivity index (χ4v) is 1.22. The lowest BCUT2D eigenvalue weighted by atomic mass is 10.2. The largest absolute Gasteiger partial charge is 0.303 e. The molecule has 0 aromatic heterocycles. The summed E-state index contributed by atoms with van der Waals surface area (Å²) in [7, 11) is 2.15. The van der Waals surface area contributed by atoms with Crippen molar-refractivity contribution in [3.05, 3.63) is 12.2 Å². The molecule has 0 aliphatic rings. The van der Waals surface area contributed by atoms with Crippen LogP contribution in [0.25, 0.3) is 0 Å². The number of likely N-dealkylation sites (N-methyl/N-ethyl adjacent to an activating group) is 1. The monoisotopic (exact) mass is 189 g/mol.